The molecule has 0 unspecified atom stereocenters. The molecule has 122 valence electrons. The van der Waals surface area contributed by atoms with Crippen molar-refractivity contribution in [3.05, 3.63) is 64.0 Å². The van der Waals surface area contributed by atoms with E-state index in [4.69, 9.17) is 12.2 Å². The van der Waals surface area contributed by atoms with Gasteiger partial charge in [-0.3, -0.25) is 10.1 Å². The molecule has 1 amide bonds. The minimum Gasteiger partial charge on any atom is -0.319 e. The van der Waals surface area contributed by atoms with Gasteiger partial charge in [0.05, 0.1) is 10.2 Å². The van der Waals surface area contributed by atoms with E-state index in [0.29, 0.717) is 5.56 Å². The average Bonchev–Trinajstić information content (AvgIpc) is 2.83. The number of aryl methyl sites for hydroxylation is 3. The van der Waals surface area contributed by atoms with Gasteiger partial charge in [0.2, 0.25) is 5.11 Å². The summed E-state index contributed by atoms with van der Waals surface area (Å²) < 4.78 is 3.12. The van der Waals surface area contributed by atoms with Crippen LogP contribution < -0.4 is 10.1 Å². The van der Waals surface area contributed by atoms with E-state index in [-0.39, 0.29) is 11.0 Å². The van der Waals surface area contributed by atoms with Gasteiger partial charge in [-0.25, -0.2) is 0 Å². The molecule has 1 aromatic heterocycles. The van der Waals surface area contributed by atoms with E-state index in [1.807, 2.05) is 30.7 Å². The molecule has 0 aliphatic carbocycles. The lowest BCUT2D eigenvalue weighted by atomic mass is 10.1. The average molecular weight is 355 g/mol. The van der Waals surface area contributed by atoms with Crippen molar-refractivity contribution in [2.75, 3.05) is 0 Å². The summed E-state index contributed by atoms with van der Waals surface area (Å²) in [5.74, 6) is -0.247. The van der Waals surface area contributed by atoms with Crippen molar-refractivity contribution in [2.24, 2.45) is 12.0 Å². The lowest BCUT2D eigenvalue weighted by molar-refractivity contribution is 0.0977. The summed E-state index contributed by atoms with van der Waals surface area (Å²) in [6, 6.07) is 13.6. The van der Waals surface area contributed by atoms with Gasteiger partial charge in [-0.05, 0) is 55.9 Å². The number of hydrogen-bond acceptors (Lipinski definition) is 3. The predicted octanol–water partition coefficient (Wildman–Crippen LogP) is 3.47. The number of fused-ring (bicyclic) bond motifs is 1. The van der Waals surface area contributed by atoms with Crippen LogP contribution in [0.5, 0.6) is 0 Å². The van der Waals surface area contributed by atoms with E-state index in [0.717, 1.165) is 20.6 Å². The Balaban J connectivity index is 1.85. The number of amides is 1. The fraction of sp³-hybridized carbons (Fsp3) is 0.167. The summed E-state index contributed by atoms with van der Waals surface area (Å²) >= 11 is 6.77. The van der Waals surface area contributed by atoms with Gasteiger partial charge < -0.3 is 4.57 Å². The first kappa shape index (κ1) is 16.5. The lowest BCUT2D eigenvalue weighted by Crippen LogP contribution is -2.29. The Bertz CT molecular complexity index is 997. The second-order valence-electron chi connectivity index (χ2n) is 5.65. The normalized spacial score (nSPS) is 11.7. The number of carbonyl (C=O) groups excluding carboxylic acids is 1. The standard InChI is InChI=1S/C18H17N3OS2/c1-11-4-7-13(8-5-11)16(22)19-17(23)20-18-21(3)14-9-6-12(2)10-15(14)24-18/h4-10H,1-3H3,(H,19,22,23). The van der Waals surface area contributed by atoms with Crippen LogP contribution in [0.4, 0.5) is 0 Å². The number of benzene rings is 2. The summed E-state index contributed by atoms with van der Waals surface area (Å²) in [4.78, 5) is 17.3. The maximum Gasteiger partial charge on any atom is 0.257 e. The number of hydrogen-bond donors (Lipinski definition) is 1. The molecule has 4 nitrogen and oxygen atoms in total. The smallest absolute Gasteiger partial charge is 0.257 e. The van der Waals surface area contributed by atoms with Gasteiger partial charge in [-0.2, -0.15) is 4.99 Å². The molecule has 0 spiro atoms. The number of thiazole rings is 1. The molecule has 3 rings (SSSR count). The maximum atomic E-state index is 12.2. The highest BCUT2D eigenvalue weighted by Crippen LogP contribution is 2.17. The van der Waals surface area contributed by atoms with E-state index in [2.05, 4.69) is 35.4 Å². The zero-order valence-corrected chi connectivity index (χ0v) is 15.3. The molecule has 0 aliphatic heterocycles. The molecule has 6 heteroatoms. The van der Waals surface area contributed by atoms with Crippen molar-refractivity contribution in [1.82, 2.24) is 9.88 Å². The summed E-state index contributed by atoms with van der Waals surface area (Å²) in [5.41, 5.74) is 3.96. The lowest BCUT2D eigenvalue weighted by Gasteiger charge is -2.03. The molecular weight excluding hydrogens is 338 g/mol. The van der Waals surface area contributed by atoms with Gasteiger partial charge in [0.1, 0.15) is 0 Å². The van der Waals surface area contributed by atoms with E-state index in [1.54, 1.807) is 23.5 Å². The molecule has 0 radical (unpaired) electrons. The van der Waals surface area contributed by atoms with Gasteiger partial charge >= 0.3 is 0 Å². The van der Waals surface area contributed by atoms with Crippen LogP contribution in [0.15, 0.2) is 47.5 Å². The molecule has 2 aromatic carbocycles. The molecule has 0 bridgehead atoms. The molecule has 0 saturated heterocycles. The number of nitrogens with one attached hydrogen (secondary N) is 1. The van der Waals surface area contributed by atoms with Crippen molar-refractivity contribution >= 4 is 44.8 Å². The highest BCUT2D eigenvalue weighted by atomic mass is 32.1. The quantitative estimate of drug-likeness (QED) is 0.680. The van der Waals surface area contributed by atoms with Crippen molar-refractivity contribution in [2.45, 2.75) is 13.8 Å². The number of thiocarbonyl (C=S) groups is 1. The number of carbonyl (C=O) groups is 1. The third-order valence-electron chi connectivity index (χ3n) is 3.70. The molecule has 0 fully saturated rings. The molecule has 24 heavy (non-hydrogen) atoms. The van der Waals surface area contributed by atoms with Crippen LogP contribution in [0, 0.1) is 13.8 Å². The Hall–Kier alpha value is -2.31. The third kappa shape index (κ3) is 3.44. The molecule has 0 saturated carbocycles. The summed E-state index contributed by atoms with van der Waals surface area (Å²) in [6.45, 7) is 4.03. The molecule has 0 atom stereocenters. The van der Waals surface area contributed by atoms with Gasteiger partial charge in [-0.15, -0.1) is 0 Å². The second-order valence-corrected chi connectivity index (χ2v) is 7.05. The van der Waals surface area contributed by atoms with Crippen LogP contribution in [-0.4, -0.2) is 15.6 Å². The predicted molar refractivity (Wildman–Crippen MR) is 102 cm³/mol. The largest absolute Gasteiger partial charge is 0.319 e. The van der Waals surface area contributed by atoms with Crippen LogP contribution in [-0.2, 0) is 7.05 Å². The van der Waals surface area contributed by atoms with Crippen LogP contribution in [0.3, 0.4) is 0 Å². The number of aromatic nitrogens is 1. The molecular formula is C18H17N3OS2. The van der Waals surface area contributed by atoms with Crippen LogP contribution in [0.1, 0.15) is 21.5 Å². The fourth-order valence-electron chi connectivity index (χ4n) is 2.34. The number of nitrogens with zero attached hydrogens (tertiary/aromatic N) is 2. The maximum absolute atomic E-state index is 12.2. The van der Waals surface area contributed by atoms with Gasteiger partial charge in [-0.1, -0.05) is 35.1 Å². The van der Waals surface area contributed by atoms with E-state index >= 15 is 0 Å². The zero-order valence-electron chi connectivity index (χ0n) is 13.7. The van der Waals surface area contributed by atoms with Crippen LogP contribution in [0.25, 0.3) is 10.2 Å². The summed E-state index contributed by atoms with van der Waals surface area (Å²) in [5, 5.41) is 2.83. The van der Waals surface area contributed by atoms with Crippen molar-refractivity contribution < 1.29 is 4.79 Å². The fourth-order valence-corrected chi connectivity index (χ4v) is 3.70. The van der Waals surface area contributed by atoms with E-state index < -0.39 is 0 Å². The van der Waals surface area contributed by atoms with E-state index in [1.165, 1.54) is 5.56 Å². The van der Waals surface area contributed by atoms with E-state index in [9.17, 15) is 4.79 Å². The SMILES string of the molecule is Cc1ccc(C(=O)NC(=S)N=c2sc3cc(C)ccc3n2C)cc1. The Morgan fingerprint density at radius 3 is 2.50 bits per heavy atom. The second kappa shape index (κ2) is 6.67. The molecule has 0 aliphatic rings. The van der Waals surface area contributed by atoms with Gasteiger partial charge in [0.15, 0.2) is 4.80 Å². The minimum absolute atomic E-state index is 0.166. The van der Waals surface area contributed by atoms with Crippen molar-refractivity contribution in [1.29, 1.82) is 0 Å². The first-order valence-corrected chi connectivity index (χ1v) is 8.69. The molecule has 1 heterocycles. The zero-order chi connectivity index (χ0) is 17.3. The van der Waals surface area contributed by atoms with Gasteiger partial charge in [0.25, 0.3) is 5.91 Å². The van der Waals surface area contributed by atoms with Crippen molar-refractivity contribution in [3.63, 3.8) is 0 Å². The Morgan fingerprint density at radius 1 is 1.12 bits per heavy atom. The summed E-state index contributed by atoms with van der Waals surface area (Å²) in [6.07, 6.45) is 0. The summed E-state index contributed by atoms with van der Waals surface area (Å²) in [7, 11) is 1.94. The van der Waals surface area contributed by atoms with Crippen LogP contribution >= 0.6 is 23.6 Å². The number of rotatable bonds is 1. The monoisotopic (exact) mass is 355 g/mol. The Morgan fingerprint density at radius 2 is 1.79 bits per heavy atom. The molecule has 3 aromatic rings. The van der Waals surface area contributed by atoms with Crippen molar-refractivity contribution in [3.8, 4) is 0 Å². The first-order valence-electron chi connectivity index (χ1n) is 7.47. The highest BCUT2D eigenvalue weighted by Gasteiger charge is 2.08. The topological polar surface area (TPSA) is 46.4 Å². The molecule has 1 N–H and O–H groups in total. The van der Waals surface area contributed by atoms with Gasteiger partial charge in [0, 0.05) is 12.6 Å². The Labute approximate surface area is 149 Å². The van der Waals surface area contributed by atoms with Crippen LogP contribution in [0.2, 0.25) is 0 Å². The first-order chi connectivity index (χ1) is 11.4. The third-order valence-corrected chi connectivity index (χ3v) is 4.98. The minimum atomic E-state index is -0.247. The highest BCUT2D eigenvalue weighted by molar-refractivity contribution is 7.80. The Kier molecular flexibility index (Phi) is 4.59.